The van der Waals surface area contributed by atoms with Crippen LogP contribution in [0.2, 0.25) is 5.02 Å². The van der Waals surface area contributed by atoms with Gasteiger partial charge in [-0.25, -0.2) is 13.1 Å². The molecule has 140 valence electrons. The smallest absolute Gasteiger partial charge is 0.255 e. The van der Waals surface area contributed by atoms with Crippen LogP contribution >= 0.6 is 22.9 Å². The number of hydrogen-bond acceptors (Lipinski definition) is 4. The minimum Gasteiger partial charge on any atom is -0.322 e. The fraction of sp³-hybridized carbons (Fsp3) is 0.105. The van der Waals surface area contributed by atoms with Crippen molar-refractivity contribution in [1.82, 2.24) is 4.72 Å². The van der Waals surface area contributed by atoms with Crippen LogP contribution in [0.1, 0.15) is 15.2 Å². The molecule has 3 aromatic rings. The number of halogens is 1. The molecule has 0 aliphatic heterocycles. The molecule has 3 rings (SSSR count). The number of anilines is 1. The zero-order valence-electron chi connectivity index (χ0n) is 14.2. The lowest BCUT2D eigenvalue weighted by molar-refractivity contribution is 0.102. The highest BCUT2D eigenvalue weighted by Crippen LogP contribution is 2.16. The largest absolute Gasteiger partial charge is 0.322 e. The fourth-order valence-corrected chi connectivity index (χ4v) is 4.24. The fourth-order valence-electron chi connectivity index (χ4n) is 2.37. The molecule has 1 aromatic heterocycles. The van der Waals surface area contributed by atoms with Crippen LogP contribution < -0.4 is 10.0 Å². The van der Waals surface area contributed by atoms with Gasteiger partial charge in [-0.2, -0.15) is 0 Å². The first-order valence-electron chi connectivity index (χ1n) is 8.13. The molecule has 0 bridgehead atoms. The second kappa shape index (κ2) is 8.67. The molecule has 2 N–H and O–H groups in total. The minimum absolute atomic E-state index is 0.122. The molecule has 0 aliphatic carbocycles. The third kappa shape index (κ3) is 5.40. The zero-order chi connectivity index (χ0) is 19.3. The molecule has 27 heavy (non-hydrogen) atoms. The monoisotopic (exact) mass is 420 g/mol. The Bertz CT molecular complexity index is 1000. The highest BCUT2D eigenvalue weighted by atomic mass is 35.5. The zero-order valence-corrected chi connectivity index (χ0v) is 16.6. The number of sulfonamides is 1. The van der Waals surface area contributed by atoms with Crippen molar-refractivity contribution in [3.05, 3.63) is 81.5 Å². The van der Waals surface area contributed by atoms with Crippen molar-refractivity contribution >= 4 is 44.6 Å². The van der Waals surface area contributed by atoms with Gasteiger partial charge >= 0.3 is 0 Å². The summed E-state index contributed by atoms with van der Waals surface area (Å²) in [6.07, 6.45) is 0.637. The van der Waals surface area contributed by atoms with E-state index in [4.69, 9.17) is 11.6 Å². The van der Waals surface area contributed by atoms with Gasteiger partial charge < -0.3 is 5.32 Å². The van der Waals surface area contributed by atoms with Gasteiger partial charge in [0.05, 0.1) is 4.90 Å². The Kier molecular flexibility index (Phi) is 6.28. The van der Waals surface area contributed by atoms with Crippen LogP contribution in [-0.4, -0.2) is 20.9 Å². The summed E-state index contributed by atoms with van der Waals surface area (Å²) < 4.78 is 27.3. The third-order valence-corrected chi connectivity index (χ3v) is 6.44. The first-order chi connectivity index (χ1) is 12.9. The summed E-state index contributed by atoms with van der Waals surface area (Å²) in [5.74, 6) is -0.327. The molecule has 0 unspecified atom stereocenters. The summed E-state index contributed by atoms with van der Waals surface area (Å²) in [4.78, 5) is 13.5. The van der Waals surface area contributed by atoms with E-state index >= 15 is 0 Å². The molecule has 1 amide bonds. The summed E-state index contributed by atoms with van der Waals surface area (Å²) in [5.41, 5.74) is 0.971. The Labute approximate surface area is 167 Å². The molecule has 0 spiro atoms. The first kappa shape index (κ1) is 19.6. The van der Waals surface area contributed by atoms with E-state index in [-0.39, 0.29) is 10.8 Å². The molecule has 0 saturated carbocycles. The summed E-state index contributed by atoms with van der Waals surface area (Å²) in [5, 5.41) is 5.27. The average molecular weight is 421 g/mol. The van der Waals surface area contributed by atoms with Gasteiger partial charge in [-0.15, -0.1) is 11.3 Å². The van der Waals surface area contributed by atoms with Crippen molar-refractivity contribution < 1.29 is 13.2 Å². The molecule has 8 heteroatoms. The molecular weight excluding hydrogens is 404 g/mol. The van der Waals surface area contributed by atoms with E-state index in [1.54, 1.807) is 35.6 Å². The van der Waals surface area contributed by atoms with Crippen LogP contribution in [0.5, 0.6) is 0 Å². The van der Waals surface area contributed by atoms with Crippen molar-refractivity contribution in [2.45, 2.75) is 11.3 Å². The molecule has 0 fully saturated rings. The molecule has 0 radical (unpaired) electrons. The topological polar surface area (TPSA) is 75.3 Å². The molecule has 0 atom stereocenters. The number of nitrogens with one attached hydrogen (secondary N) is 2. The van der Waals surface area contributed by atoms with Gasteiger partial charge in [0.1, 0.15) is 0 Å². The first-order valence-corrected chi connectivity index (χ1v) is 10.9. The van der Waals surface area contributed by atoms with Crippen LogP contribution in [-0.2, 0) is 16.4 Å². The number of amides is 1. The SMILES string of the molecule is O=C(Nc1ccc(Cl)cc1)c1ccc(S(=O)(=O)NCCc2cccs2)cc1. The second-order valence-electron chi connectivity index (χ2n) is 5.71. The number of carbonyl (C=O) groups excluding carboxylic acids is 1. The van der Waals surface area contributed by atoms with Crippen LogP contribution in [0.25, 0.3) is 0 Å². The predicted octanol–water partition coefficient (Wildman–Crippen LogP) is 4.17. The summed E-state index contributed by atoms with van der Waals surface area (Å²) in [6.45, 7) is 0.321. The summed E-state index contributed by atoms with van der Waals surface area (Å²) in [7, 11) is -3.61. The molecule has 1 heterocycles. The number of benzene rings is 2. The molecule has 5 nitrogen and oxygen atoms in total. The van der Waals surface area contributed by atoms with E-state index in [0.29, 0.717) is 29.2 Å². The number of hydrogen-bond donors (Lipinski definition) is 2. The van der Waals surface area contributed by atoms with Crippen LogP contribution in [0.4, 0.5) is 5.69 Å². The Hall–Kier alpha value is -2.19. The Morgan fingerprint density at radius 2 is 1.70 bits per heavy atom. The van der Waals surface area contributed by atoms with Gasteiger partial charge in [0.25, 0.3) is 5.91 Å². The Morgan fingerprint density at radius 1 is 1.00 bits per heavy atom. The van der Waals surface area contributed by atoms with E-state index in [0.717, 1.165) is 4.88 Å². The van der Waals surface area contributed by atoms with Crippen molar-refractivity contribution in [3.63, 3.8) is 0 Å². The minimum atomic E-state index is -3.61. The van der Waals surface area contributed by atoms with Crippen molar-refractivity contribution in [3.8, 4) is 0 Å². The second-order valence-corrected chi connectivity index (χ2v) is 8.95. The number of thiophene rings is 1. The maximum Gasteiger partial charge on any atom is 0.255 e. The molecule has 0 aliphatic rings. The highest BCUT2D eigenvalue weighted by Gasteiger charge is 2.15. The lowest BCUT2D eigenvalue weighted by atomic mass is 10.2. The number of carbonyl (C=O) groups is 1. The highest BCUT2D eigenvalue weighted by molar-refractivity contribution is 7.89. The molecule has 0 saturated heterocycles. The third-order valence-electron chi connectivity index (χ3n) is 3.77. The van der Waals surface area contributed by atoms with Gasteiger partial charge in [-0.1, -0.05) is 17.7 Å². The van der Waals surface area contributed by atoms with E-state index in [2.05, 4.69) is 10.0 Å². The van der Waals surface area contributed by atoms with Crippen molar-refractivity contribution in [1.29, 1.82) is 0 Å². The van der Waals surface area contributed by atoms with E-state index in [1.807, 2.05) is 17.5 Å². The normalized spacial score (nSPS) is 11.3. The van der Waals surface area contributed by atoms with E-state index in [1.165, 1.54) is 24.3 Å². The van der Waals surface area contributed by atoms with Gasteiger partial charge in [0.15, 0.2) is 0 Å². The lowest BCUT2D eigenvalue weighted by Gasteiger charge is -2.08. The standard InChI is InChI=1S/C19H17ClN2O3S2/c20-15-5-7-16(8-6-15)22-19(23)14-3-9-18(10-4-14)27(24,25)21-12-11-17-2-1-13-26-17/h1-10,13,21H,11-12H2,(H,22,23). The van der Waals surface area contributed by atoms with E-state index in [9.17, 15) is 13.2 Å². The van der Waals surface area contributed by atoms with Crippen LogP contribution in [0.15, 0.2) is 70.9 Å². The van der Waals surface area contributed by atoms with Crippen molar-refractivity contribution in [2.75, 3.05) is 11.9 Å². The maximum atomic E-state index is 12.3. The van der Waals surface area contributed by atoms with Crippen molar-refractivity contribution in [2.24, 2.45) is 0 Å². The predicted molar refractivity (Wildman–Crippen MR) is 109 cm³/mol. The maximum absolute atomic E-state index is 12.3. The Balaban J connectivity index is 1.61. The van der Waals surface area contributed by atoms with Gasteiger partial charge in [-0.05, 0) is 66.4 Å². The lowest BCUT2D eigenvalue weighted by Crippen LogP contribution is -2.26. The average Bonchev–Trinajstić information content (AvgIpc) is 3.17. The van der Waals surface area contributed by atoms with E-state index < -0.39 is 10.0 Å². The molecule has 2 aromatic carbocycles. The Morgan fingerprint density at radius 3 is 2.33 bits per heavy atom. The summed E-state index contributed by atoms with van der Waals surface area (Å²) >= 11 is 7.40. The number of rotatable bonds is 7. The van der Waals surface area contributed by atoms with Crippen LogP contribution in [0.3, 0.4) is 0 Å². The van der Waals surface area contributed by atoms with Gasteiger partial charge in [0, 0.05) is 27.7 Å². The summed E-state index contributed by atoms with van der Waals surface area (Å²) in [6, 6.07) is 16.4. The van der Waals surface area contributed by atoms with Crippen LogP contribution in [0, 0.1) is 0 Å². The quantitative estimate of drug-likeness (QED) is 0.602. The molecular formula is C19H17ClN2O3S2. The van der Waals surface area contributed by atoms with Gasteiger partial charge in [0.2, 0.25) is 10.0 Å². The van der Waals surface area contributed by atoms with Gasteiger partial charge in [-0.3, -0.25) is 4.79 Å².